The Morgan fingerprint density at radius 2 is 2.14 bits per heavy atom. The van der Waals surface area contributed by atoms with Crippen LogP contribution >= 0.6 is 0 Å². The van der Waals surface area contributed by atoms with Crippen LogP contribution < -0.4 is 5.73 Å². The van der Waals surface area contributed by atoms with Crippen LogP contribution in [0.2, 0.25) is 0 Å². The lowest BCUT2D eigenvalue weighted by Crippen LogP contribution is -2.31. The number of nitrogens with zero attached hydrogens (tertiary/aromatic N) is 3. The van der Waals surface area contributed by atoms with Crippen molar-refractivity contribution in [3.05, 3.63) is 30.3 Å². The van der Waals surface area contributed by atoms with Crippen molar-refractivity contribution >= 4 is 17.9 Å². The average Bonchev–Trinajstić information content (AvgIpc) is 2.72. The zero-order valence-corrected chi connectivity index (χ0v) is 7.80. The van der Waals surface area contributed by atoms with E-state index in [2.05, 4.69) is 10.1 Å². The van der Waals surface area contributed by atoms with Gasteiger partial charge in [-0.2, -0.15) is 5.10 Å². The molecule has 0 aliphatic carbocycles. The topological polar surface area (TPSA) is 54.0 Å². The van der Waals surface area contributed by atoms with E-state index in [1.807, 2.05) is 36.5 Å². The second kappa shape index (κ2) is 3.91. The maximum Gasteiger partial charge on any atom is 0.217 e. The van der Waals surface area contributed by atoms with Crippen molar-refractivity contribution in [3.63, 3.8) is 0 Å². The van der Waals surface area contributed by atoms with E-state index in [0.717, 1.165) is 18.7 Å². The molecule has 4 heteroatoms. The summed E-state index contributed by atoms with van der Waals surface area (Å²) in [4.78, 5) is 4.25. The molecule has 1 aliphatic rings. The molecule has 0 radical (unpaired) electrons. The highest BCUT2D eigenvalue weighted by Crippen LogP contribution is 2.11. The Hall–Kier alpha value is -1.84. The molecule has 0 amide bonds. The molecule has 1 aromatic carbocycles. The fraction of sp³-hybridized carbons (Fsp3) is 0.200. The molecule has 0 unspecified atom stereocenters. The van der Waals surface area contributed by atoms with Crippen molar-refractivity contribution in [2.24, 2.45) is 15.8 Å². The van der Waals surface area contributed by atoms with Gasteiger partial charge in [0.25, 0.3) is 0 Å². The first kappa shape index (κ1) is 8.74. The van der Waals surface area contributed by atoms with Crippen molar-refractivity contribution in [2.75, 3.05) is 6.54 Å². The third-order valence-corrected chi connectivity index (χ3v) is 1.96. The van der Waals surface area contributed by atoms with Gasteiger partial charge in [0.15, 0.2) is 0 Å². The van der Waals surface area contributed by atoms with Crippen molar-refractivity contribution in [3.8, 4) is 0 Å². The average molecular weight is 188 g/mol. The van der Waals surface area contributed by atoms with Gasteiger partial charge in [-0.15, -0.1) is 0 Å². The maximum atomic E-state index is 5.77. The van der Waals surface area contributed by atoms with Crippen LogP contribution in [0.1, 0.15) is 6.42 Å². The molecule has 2 N–H and O–H groups in total. The quantitative estimate of drug-likeness (QED) is 0.534. The Bertz CT molecular complexity index is 356. The summed E-state index contributed by atoms with van der Waals surface area (Å²) in [6.07, 6.45) is 2.78. The molecule has 72 valence electrons. The second-order valence-corrected chi connectivity index (χ2v) is 3.02. The van der Waals surface area contributed by atoms with E-state index >= 15 is 0 Å². The van der Waals surface area contributed by atoms with E-state index in [-0.39, 0.29) is 0 Å². The Kier molecular flexibility index (Phi) is 2.44. The highest BCUT2D eigenvalue weighted by atomic mass is 15.5. The number of benzene rings is 1. The molecule has 0 saturated heterocycles. The molecule has 0 fully saturated rings. The number of hydrogen-bond donors (Lipinski definition) is 1. The van der Waals surface area contributed by atoms with E-state index in [1.165, 1.54) is 0 Å². The zero-order valence-electron chi connectivity index (χ0n) is 7.80. The second-order valence-electron chi connectivity index (χ2n) is 3.02. The van der Waals surface area contributed by atoms with Gasteiger partial charge in [0.05, 0.1) is 5.69 Å². The summed E-state index contributed by atoms with van der Waals surface area (Å²) < 4.78 is 0. The summed E-state index contributed by atoms with van der Waals surface area (Å²) in [6.45, 7) is 0.822. The van der Waals surface area contributed by atoms with Gasteiger partial charge in [0, 0.05) is 19.2 Å². The normalized spacial score (nSPS) is 16.3. The van der Waals surface area contributed by atoms with E-state index < -0.39 is 0 Å². The van der Waals surface area contributed by atoms with Crippen LogP contribution in [0.25, 0.3) is 0 Å². The van der Waals surface area contributed by atoms with Crippen LogP contribution in [0.15, 0.2) is 40.4 Å². The largest absolute Gasteiger partial charge is 0.368 e. The molecular formula is C10H12N4. The molecule has 1 heterocycles. The van der Waals surface area contributed by atoms with Crippen molar-refractivity contribution in [1.82, 2.24) is 5.01 Å². The van der Waals surface area contributed by atoms with Gasteiger partial charge in [0.2, 0.25) is 5.96 Å². The third kappa shape index (κ3) is 1.90. The number of nitrogens with two attached hydrogens (primary N) is 1. The fourth-order valence-electron chi connectivity index (χ4n) is 1.26. The minimum absolute atomic E-state index is 0.449. The monoisotopic (exact) mass is 188 g/mol. The molecule has 0 saturated carbocycles. The Labute approximate surface area is 82.7 Å². The van der Waals surface area contributed by atoms with Gasteiger partial charge < -0.3 is 5.73 Å². The summed E-state index contributed by atoms with van der Waals surface area (Å²) in [7, 11) is 0. The number of rotatable bonds is 1. The summed E-state index contributed by atoms with van der Waals surface area (Å²) in [5.41, 5.74) is 6.63. The third-order valence-electron chi connectivity index (χ3n) is 1.96. The number of guanidine groups is 1. The summed E-state index contributed by atoms with van der Waals surface area (Å²) >= 11 is 0. The summed E-state index contributed by atoms with van der Waals surface area (Å²) in [5.74, 6) is 0.449. The van der Waals surface area contributed by atoms with Crippen molar-refractivity contribution in [1.29, 1.82) is 0 Å². The Morgan fingerprint density at radius 3 is 2.79 bits per heavy atom. The van der Waals surface area contributed by atoms with Crippen LogP contribution in [0, 0.1) is 0 Å². The molecule has 14 heavy (non-hydrogen) atoms. The lowest BCUT2D eigenvalue weighted by atomic mass is 10.3. The molecule has 2 rings (SSSR count). The minimum atomic E-state index is 0.449. The molecule has 1 aromatic rings. The first-order valence-corrected chi connectivity index (χ1v) is 4.55. The molecular weight excluding hydrogens is 176 g/mol. The molecule has 0 bridgehead atoms. The van der Waals surface area contributed by atoms with Crippen LogP contribution in [0.3, 0.4) is 0 Å². The Morgan fingerprint density at radius 1 is 1.36 bits per heavy atom. The summed E-state index contributed by atoms with van der Waals surface area (Å²) in [5, 5.41) is 5.79. The van der Waals surface area contributed by atoms with Crippen LogP contribution in [0.4, 0.5) is 5.69 Å². The zero-order chi connectivity index (χ0) is 9.80. The molecule has 4 nitrogen and oxygen atoms in total. The fourth-order valence-corrected chi connectivity index (χ4v) is 1.26. The van der Waals surface area contributed by atoms with Gasteiger partial charge in [-0.25, -0.2) is 10.0 Å². The van der Waals surface area contributed by atoms with E-state index in [9.17, 15) is 0 Å². The lowest BCUT2D eigenvalue weighted by Gasteiger charge is -2.11. The van der Waals surface area contributed by atoms with E-state index in [1.54, 1.807) is 5.01 Å². The van der Waals surface area contributed by atoms with Crippen molar-refractivity contribution in [2.45, 2.75) is 6.42 Å². The van der Waals surface area contributed by atoms with Gasteiger partial charge in [-0.1, -0.05) is 18.2 Å². The first-order chi connectivity index (χ1) is 6.86. The first-order valence-electron chi connectivity index (χ1n) is 4.55. The van der Waals surface area contributed by atoms with Crippen molar-refractivity contribution < 1.29 is 0 Å². The maximum absolute atomic E-state index is 5.77. The number of hydrazone groups is 1. The molecule has 1 aliphatic heterocycles. The van der Waals surface area contributed by atoms with Gasteiger partial charge in [-0.05, 0) is 12.1 Å². The van der Waals surface area contributed by atoms with Gasteiger partial charge in [-0.3, -0.25) is 0 Å². The van der Waals surface area contributed by atoms with Gasteiger partial charge >= 0.3 is 0 Å². The molecule has 0 aromatic heterocycles. The number of para-hydroxylation sites is 1. The molecule has 0 spiro atoms. The predicted octanol–water partition coefficient (Wildman–Crippen LogP) is 1.32. The highest BCUT2D eigenvalue weighted by molar-refractivity contribution is 5.82. The number of hydrogen-bond acceptors (Lipinski definition) is 2. The van der Waals surface area contributed by atoms with E-state index in [0.29, 0.717) is 5.96 Å². The van der Waals surface area contributed by atoms with Crippen LogP contribution in [-0.4, -0.2) is 23.7 Å². The van der Waals surface area contributed by atoms with E-state index in [4.69, 9.17) is 5.73 Å². The standard InChI is InChI=1S/C10H12N4/c11-10(14-8-4-7-12-14)13-9-5-2-1-3-6-9/h1-3,5-7H,4,8H2,(H2,11,13). The smallest absolute Gasteiger partial charge is 0.217 e. The van der Waals surface area contributed by atoms with Crippen LogP contribution in [0.5, 0.6) is 0 Å². The minimum Gasteiger partial charge on any atom is -0.368 e. The predicted molar refractivity (Wildman–Crippen MR) is 57.5 cm³/mol. The summed E-state index contributed by atoms with van der Waals surface area (Å²) in [6, 6.07) is 9.63. The number of aliphatic imine (C=N–C) groups is 1. The SMILES string of the molecule is NC(=Nc1ccccc1)N1CCC=N1. The van der Waals surface area contributed by atoms with Gasteiger partial charge in [0.1, 0.15) is 0 Å². The lowest BCUT2D eigenvalue weighted by molar-refractivity contribution is 0.485. The van der Waals surface area contributed by atoms with Crippen LogP contribution in [-0.2, 0) is 0 Å². The molecule has 0 atom stereocenters. The Balaban J connectivity index is 2.14. The highest BCUT2D eigenvalue weighted by Gasteiger charge is 2.09.